The highest BCUT2D eigenvalue weighted by atomic mass is 19.4. The van der Waals surface area contributed by atoms with Gasteiger partial charge in [-0.05, 0) is 44.9 Å². The number of amides is 2. The van der Waals surface area contributed by atoms with E-state index in [0.717, 1.165) is 26.7 Å². The average molecular weight is 401 g/mol. The van der Waals surface area contributed by atoms with E-state index in [2.05, 4.69) is 15.4 Å². The zero-order chi connectivity index (χ0) is 20.7. The maximum absolute atomic E-state index is 12.8. The highest BCUT2D eigenvalue weighted by Gasteiger charge is 2.51. The molecule has 28 heavy (non-hydrogen) atoms. The third-order valence-corrected chi connectivity index (χ3v) is 5.06. The van der Waals surface area contributed by atoms with Crippen LogP contribution < -0.4 is 21.1 Å². The Hall–Kier alpha value is -2.65. The van der Waals surface area contributed by atoms with Crippen LogP contribution in [0.15, 0.2) is 18.2 Å². The third kappa shape index (κ3) is 4.10. The van der Waals surface area contributed by atoms with Crippen LogP contribution in [-0.2, 0) is 9.53 Å². The Kier molecular flexibility index (Phi) is 4.84. The zero-order valence-electron chi connectivity index (χ0n) is 15.5. The number of benzene rings is 1. The maximum Gasteiger partial charge on any atom is 0.427 e. The van der Waals surface area contributed by atoms with E-state index in [0.29, 0.717) is 24.4 Å². The summed E-state index contributed by atoms with van der Waals surface area (Å²) in [6.45, 7) is 1.98. The Bertz CT molecular complexity index is 791. The van der Waals surface area contributed by atoms with Crippen LogP contribution in [0.25, 0.3) is 0 Å². The second-order valence-corrected chi connectivity index (χ2v) is 7.70. The number of hydrogen-bond acceptors (Lipinski definition) is 5. The molecule has 1 aliphatic carbocycles. The van der Waals surface area contributed by atoms with E-state index in [9.17, 15) is 22.8 Å². The molecule has 2 aliphatic rings. The zero-order valence-corrected chi connectivity index (χ0v) is 15.5. The monoisotopic (exact) mass is 401 g/mol. The van der Waals surface area contributed by atoms with E-state index >= 15 is 0 Å². The average Bonchev–Trinajstić information content (AvgIpc) is 3.34. The van der Waals surface area contributed by atoms with Crippen LogP contribution in [0.5, 0.6) is 5.75 Å². The molecule has 0 aromatic heterocycles. The van der Waals surface area contributed by atoms with Gasteiger partial charge in [-0.25, -0.2) is 4.79 Å². The lowest BCUT2D eigenvalue weighted by Gasteiger charge is -2.30. The van der Waals surface area contributed by atoms with Crippen LogP contribution in [0.4, 0.5) is 29.3 Å². The molecule has 2 amide bonds. The molecule has 3 rings (SSSR count). The molecule has 0 radical (unpaired) electrons. The number of nitrogens with two attached hydrogens (primary N) is 1. The van der Waals surface area contributed by atoms with Crippen LogP contribution in [0.2, 0.25) is 0 Å². The molecule has 154 valence electrons. The van der Waals surface area contributed by atoms with Crippen molar-refractivity contribution in [1.82, 2.24) is 0 Å². The van der Waals surface area contributed by atoms with E-state index in [1.54, 1.807) is 6.07 Å². The Balaban J connectivity index is 1.61. The first-order valence-electron chi connectivity index (χ1n) is 8.83. The number of carbonyl (C=O) groups is 2. The number of carbonyl (C=O) groups excluding carboxylic acids is 2. The van der Waals surface area contributed by atoms with Crippen molar-refractivity contribution >= 4 is 23.4 Å². The van der Waals surface area contributed by atoms with Gasteiger partial charge < -0.3 is 20.5 Å². The van der Waals surface area contributed by atoms with Crippen molar-refractivity contribution in [3.8, 4) is 5.75 Å². The fourth-order valence-electron chi connectivity index (χ4n) is 2.98. The third-order valence-electron chi connectivity index (χ3n) is 5.06. The lowest BCUT2D eigenvalue weighted by Crippen LogP contribution is -2.44. The number of rotatable bonds is 5. The van der Waals surface area contributed by atoms with Gasteiger partial charge in [0.1, 0.15) is 11.9 Å². The summed E-state index contributed by atoms with van der Waals surface area (Å²) >= 11 is 0. The number of nitrogens with one attached hydrogen (secondary N) is 2. The number of primary amides is 1. The summed E-state index contributed by atoms with van der Waals surface area (Å²) in [5, 5.41) is 5.42. The van der Waals surface area contributed by atoms with Crippen LogP contribution in [0.1, 0.15) is 33.1 Å². The van der Waals surface area contributed by atoms with Gasteiger partial charge in [-0.15, -0.1) is 0 Å². The molecule has 1 aliphatic heterocycles. The molecule has 1 heterocycles. The number of halogens is 3. The van der Waals surface area contributed by atoms with Crippen molar-refractivity contribution in [2.75, 3.05) is 17.2 Å². The molecule has 1 saturated carbocycles. The predicted molar refractivity (Wildman–Crippen MR) is 95.1 cm³/mol. The summed E-state index contributed by atoms with van der Waals surface area (Å²) in [5.41, 5.74) is 3.18. The number of ether oxygens (including phenoxy) is 2. The van der Waals surface area contributed by atoms with Gasteiger partial charge in [0.05, 0.1) is 17.6 Å². The van der Waals surface area contributed by atoms with Gasteiger partial charge in [0.2, 0.25) is 11.5 Å². The summed E-state index contributed by atoms with van der Waals surface area (Å²) in [6.07, 6.45) is -4.09. The number of alkyl halides is 3. The second kappa shape index (κ2) is 6.75. The van der Waals surface area contributed by atoms with Gasteiger partial charge >= 0.3 is 12.3 Å². The fraction of sp³-hybridized carbons (Fsp3) is 0.556. The minimum atomic E-state index is -4.69. The molecular weight excluding hydrogens is 379 g/mol. The number of anilines is 2. The summed E-state index contributed by atoms with van der Waals surface area (Å²) in [6, 6.07) is 4.61. The predicted octanol–water partition coefficient (Wildman–Crippen LogP) is 3.40. The molecule has 1 unspecified atom stereocenters. The highest BCUT2D eigenvalue weighted by molar-refractivity contribution is 5.86. The molecule has 4 N–H and O–H groups in total. The molecule has 1 fully saturated rings. The molecule has 0 saturated heterocycles. The molecule has 0 bridgehead atoms. The van der Waals surface area contributed by atoms with Crippen LogP contribution in [0, 0.1) is 5.41 Å². The van der Waals surface area contributed by atoms with Gasteiger partial charge in [-0.2, -0.15) is 13.2 Å². The topological polar surface area (TPSA) is 103 Å². The fourth-order valence-corrected chi connectivity index (χ4v) is 2.98. The molecule has 1 aromatic rings. The summed E-state index contributed by atoms with van der Waals surface area (Å²) in [4.78, 5) is 23.3. The van der Waals surface area contributed by atoms with E-state index in [-0.39, 0.29) is 17.7 Å². The Morgan fingerprint density at radius 1 is 1.36 bits per heavy atom. The van der Waals surface area contributed by atoms with Gasteiger partial charge in [-0.3, -0.25) is 10.1 Å². The van der Waals surface area contributed by atoms with Crippen molar-refractivity contribution < 1.29 is 32.2 Å². The minimum Gasteiger partial charge on any atom is -0.486 e. The molecule has 10 heteroatoms. The van der Waals surface area contributed by atoms with E-state index < -0.39 is 23.3 Å². The molecule has 1 atom stereocenters. The highest BCUT2D eigenvalue weighted by Crippen LogP contribution is 2.50. The van der Waals surface area contributed by atoms with Gasteiger partial charge in [0.15, 0.2) is 0 Å². The second-order valence-electron chi connectivity index (χ2n) is 7.70. The Morgan fingerprint density at radius 3 is 2.61 bits per heavy atom. The maximum atomic E-state index is 12.8. The number of hydrogen-bond donors (Lipinski definition) is 3. The SMILES string of the molecule is CC(C)(OC(=O)Nc1ccc2c(c1)NCC(CC1(C(N)=O)CC1)O2)C(F)(F)F. The lowest BCUT2D eigenvalue weighted by molar-refractivity contribution is -0.242. The van der Waals surface area contributed by atoms with E-state index in [1.165, 1.54) is 12.1 Å². The van der Waals surface area contributed by atoms with Crippen molar-refractivity contribution in [2.24, 2.45) is 11.1 Å². The summed E-state index contributed by atoms with van der Waals surface area (Å²) in [5.74, 6) is 0.202. The van der Waals surface area contributed by atoms with Gasteiger partial charge in [0, 0.05) is 12.1 Å². The molecule has 1 aromatic carbocycles. The molecular formula is C18H22F3N3O4. The lowest BCUT2D eigenvalue weighted by atomic mass is 9.97. The quantitative estimate of drug-likeness (QED) is 0.702. The summed E-state index contributed by atoms with van der Waals surface area (Å²) in [7, 11) is 0. The van der Waals surface area contributed by atoms with Crippen molar-refractivity contribution in [3.63, 3.8) is 0 Å². The first-order chi connectivity index (χ1) is 12.9. The van der Waals surface area contributed by atoms with Crippen LogP contribution in [-0.4, -0.2) is 36.4 Å². The Morgan fingerprint density at radius 2 is 2.04 bits per heavy atom. The minimum absolute atomic E-state index is 0.223. The van der Waals surface area contributed by atoms with E-state index in [1.807, 2.05) is 0 Å². The van der Waals surface area contributed by atoms with Crippen molar-refractivity contribution in [2.45, 2.75) is 51.0 Å². The van der Waals surface area contributed by atoms with Gasteiger partial charge in [0.25, 0.3) is 0 Å². The van der Waals surface area contributed by atoms with Crippen LogP contribution >= 0.6 is 0 Å². The molecule has 0 spiro atoms. The van der Waals surface area contributed by atoms with Gasteiger partial charge in [-0.1, -0.05) is 0 Å². The smallest absolute Gasteiger partial charge is 0.427 e. The first kappa shape index (κ1) is 20.1. The largest absolute Gasteiger partial charge is 0.486 e. The molecule has 7 nitrogen and oxygen atoms in total. The van der Waals surface area contributed by atoms with Crippen molar-refractivity contribution in [1.29, 1.82) is 0 Å². The summed E-state index contributed by atoms with van der Waals surface area (Å²) < 4.78 is 48.8. The normalized spacial score (nSPS) is 20.2. The van der Waals surface area contributed by atoms with E-state index in [4.69, 9.17) is 10.5 Å². The van der Waals surface area contributed by atoms with Crippen LogP contribution in [0.3, 0.4) is 0 Å². The number of fused-ring (bicyclic) bond motifs is 1. The van der Waals surface area contributed by atoms with Crippen molar-refractivity contribution in [3.05, 3.63) is 18.2 Å². The Labute approximate surface area is 159 Å². The standard InChI is InChI=1S/C18H22F3N3O4/c1-16(2,18(19,20)21)28-15(26)24-10-3-4-13-12(7-10)23-9-11(27-13)8-17(5-6-17)14(22)25/h3-4,7,11,23H,5-6,8-9H2,1-2H3,(H2,22,25)(H,24,26). The first-order valence-corrected chi connectivity index (χ1v) is 8.83.